The highest BCUT2D eigenvalue weighted by molar-refractivity contribution is 6.35. The maximum absolute atomic E-state index is 12.6. The zero-order chi connectivity index (χ0) is 18.8. The molecule has 140 valence electrons. The van der Waals surface area contributed by atoms with Gasteiger partial charge in [0.15, 0.2) is 5.58 Å². The van der Waals surface area contributed by atoms with Gasteiger partial charge in [-0.15, -0.1) is 0 Å². The highest BCUT2D eigenvalue weighted by atomic mass is 35.5. The molecule has 0 atom stereocenters. The summed E-state index contributed by atoms with van der Waals surface area (Å²) in [5.41, 5.74) is 8.95. The Hall–Kier alpha value is -2.34. The quantitative estimate of drug-likeness (QED) is 0.744. The topological polar surface area (TPSA) is 68.7 Å². The van der Waals surface area contributed by atoms with Gasteiger partial charge in [0.25, 0.3) is 5.91 Å². The molecule has 4 rings (SSSR count). The van der Waals surface area contributed by atoms with Gasteiger partial charge in [-0.2, -0.15) is 0 Å². The average Bonchev–Trinajstić information content (AvgIpc) is 3.12. The van der Waals surface area contributed by atoms with Crippen LogP contribution in [0.2, 0.25) is 5.02 Å². The fourth-order valence-electron chi connectivity index (χ4n) is 3.35. The van der Waals surface area contributed by atoms with Crippen molar-refractivity contribution in [2.45, 2.75) is 6.42 Å². The largest absolute Gasteiger partial charge is 0.459 e. The number of ether oxygens (including phenoxy) is 1. The Morgan fingerprint density at radius 1 is 1.07 bits per heavy atom. The number of nitrogens with zero attached hydrogens (tertiary/aromatic N) is 1. The molecular formula is C21H21ClN2O3. The van der Waals surface area contributed by atoms with E-state index in [9.17, 15) is 4.79 Å². The van der Waals surface area contributed by atoms with Gasteiger partial charge in [0, 0.05) is 30.5 Å². The molecule has 27 heavy (non-hydrogen) atoms. The van der Waals surface area contributed by atoms with Crippen LogP contribution in [0.1, 0.15) is 16.1 Å². The first-order valence-electron chi connectivity index (χ1n) is 9.05. The van der Waals surface area contributed by atoms with Crippen molar-refractivity contribution in [2.75, 3.05) is 32.8 Å². The number of amides is 1. The van der Waals surface area contributed by atoms with Crippen LogP contribution < -0.4 is 5.73 Å². The maximum Gasteiger partial charge on any atom is 0.254 e. The lowest BCUT2D eigenvalue weighted by Gasteiger charge is -2.26. The molecule has 0 unspecified atom stereocenters. The van der Waals surface area contributed by atoms with Gasteiger partial charge in [0.05, 0.1) is 18.2 Å². The number of rotatable bonds is 4. The fraction of sp³-hybridized carbons (Fsp3) is 0.286. The number of hydrogen-bond donors (Lipinski definition) is 1. The van der Waals surface area contributed by atoms with Crippen LogP contribution in [0.5, 0.6) is 0 Å². The number of furan rings is 1. The lowest BCUT2D eigenvalue weighted by atomic mass is 10.0. The third-order valence-electron chi connectivity index (χ3n) is 4.78. The van der Waals surface area contributed by atoms with Gasteiger partial charge < -0.3 is 19.8 Å². The minimum absolute atomic E-state index is 0.0413. The lowest BCUT2D eigenvalue weighted by molar-refractivity contribution is 0.0303. The highest BCUT2D eigenvalue weighted by Crippen LogP contribution is 2.33. The summed E-state index contributed by atoms with van der Waals surface area (Å²) < 4.78 is 11.1. The van der Waals surface area contributed by atoms with Gasteiger partial charge in [-0.25, -0.2) is 0 Å². The SMILES string of the molecule is NCCc1cc2cc(-c3ccc(C(=O)N4CCOCC4)cc3)cc(Cl)c2o1. The first-order valence-corrected chi connectivity index (χ1v) is 9.43. The second-order valence-electron chi connectivity index (χ2n) is 6.61. The van der Waals surface area contributed by atoms with Gasteiger partial charge in [-0.3, -0.25) is 4.79 Å². The van der Waals surface area contributed by atoms with E-state index in [1.807, 2.05) is 47.4 Å². The molecule has 2 heterocycles. The molecule has 6 heteroatoms. The fourth-order valence-corrected chi connectivity index (χ4v) is 3.62. The Labute approximate surface area is 162 Å². The van der Waals surface area contributed by atoms with E-state index in [0.29, 0.717) is 55.4 Å². The average molecular weight is 385 g/mol. The van der Waals surface area contributed by atoms with Crippen molar-refractivity contribution in [1.82, 2.24) is 4.90 Å². The van der Waals surface area contributed by atoms with Crippen molar-refractivity contribution in [2.24, 2.45) is 5.73 Å². The number of carbonyl (C=O) groups is 1. The van der Waals surface area contributed by atoms with Crippen LogP contribution >= 0.6 is 11.6 Å². The normalized spacial score (nSPS) is 14.7. The predicted octanol–water partition coefficient (Wildman–Crippen LogP) is 3.73. The van der Waals surface area contributed by atoms with Gasteiger partial charge in [-0.1, -0.05) is 23.7 Å². The van der Waals surface area contributed by atoms with Crippen LogP contribution in [0.25, 0.3) is 22.1 Å². The molecule has 2 aromatic carbocycles. The first kappa shape index (κ1) is 18.0. The second kappa shape index (κ2) is 7.72. The van der Waals surface area contributed by atoms with E-state index < -0.39 is 0 Å². The molecule has 1 fully saturated rings. The van der Waals surface area contributed by atoms with Gasteiger partial charge >= 0.3 is 0 Å². The minimum Gasteiger partial charge on any atom is -0.459 e. The standard InChI is InChI=1S/C21H21ClN2O3/c22-19-13-16(11-17-12-18(5-6-23)27-20(17)19)14-1-3-15(4-2-14)21(25)24-7-9-26-10-8-24/h1-4,11-13H,5-10,23H2. The van der Waals surface area contributed by atoms with Gasteiger partial charge in [0.2, 0.25) is 0 Å². The minimum atomic E-state index is 0.0413. The number of benzene rings is 2. The summed E-state index contributed by atoms with van der Waals surface area (Å²) >= 11 is 6.41. The molecule has 0 spiro atoms. The molecule has 1 amide bonds. The van der Waals surface area contributed by atoms with Crippen molar-refractivity contribution >= 4 is 28.5 Å². The molecule has 2 N–H and O–H groups in total. The molecular weight excluding hydrogens is 364 g/mol. The molecule has 3 aromatic rings. The van der Waals surface area contributed by atoms with E-state index in [-0.39, 0.29) is 5.91 Å². The number of carbonyl (C=O) groups excluding carboxylic acids is 1. The zero-order valence-corrected chi connectivity index (χ0v) is 15.7. The summed E-state index contributed by atoms with van der Waals surface area (Å²) in [6, 6.07) is 13.5. The Bertz CT molecular complexity index is 959. The van der Waals surface area contributed by atoms with Crippen molar-refractivity contribution in [3.8, 4) is 11.1 Å². The van der Waals surface area contributed by atoms with Crippen LogP contribution in [0.15, 0.2) is 46.9 Å². The smallest absolute Gasteiger partial charge is 0.254 e. The molecule has 1 saturated heterocycles. The van der Waals surface area contributed by atoms with Crippen molar-refractivity contribution in [3.63, 3.8) is 0 Å². The number of morpholine rings is 1. The number of nitrogens with two attached hydrogens (primary N) is 1. The van der Waals surface area contributed by atoms with E-state index in [0.717, 1.165) is 22.3 Å². The lowest BCUT2D eigenvalue weighted by Crippen LogP contribution is -2.40. The monoisotopic (exact) mass is 384 g/mol. The zero-order valence-electron chi connectivity index (χ0n) is 14.9. The summed E-state index contributed by atoms with van der Waals surface area (Å²) in [5.74, 6) is 0.873. The molecule has 1 aliphatic heterocycles. The molecule has 5 nitrogen and oxygen atoms in total. The van der Waals surface area contributed by atoms with Crippen molar-refractivity contribution in [1.29, 1.82) is 0 Å². The molecule has 0 saturated carbocycles. The summed E-state index contributed by atoms with van der Waals surface area (Å²) in [7, 11) is 0. The predicted molar refractivity (Wildman–Crippen MR) is 106 cm³/mol. The summed E-state index contributed by atoms with van der Waals surface area (Å²) in [5, 5.41) is 1.52. The van der Waals surface area contributed by atoms with Crippen molar-refractivity contribution < 1.29 is 13.9 Å². The third-order valence-corrected chi connectivity index (χ3v) is 5.06. The van der Waals surface area contributed by atoms with E-state index in [1.165, 1.54) is 0 Å². The second-order valence-corrected chi connectivity index (χ2v) is 7.02. The van der Waals surface area contributed by atoms with E-state index in [1.54, 1.807) is 0 Å². The Kier molecular flexibility index (Phi) is 5.16. The molecule has 1 aliphatic rings. The molecule has 0 bridgehead atoms. The van der Waals surface area contributed by atoms with Gasteiger partial charge in [-0.05, 0) is 48.0 Å². The third kappa shape index (κ3) is 3.72. The number of fused-ring (bicyclic) bond motifs is 1. The van der Waals surface area contributed by atoms with Crippen LogP contribution in [-0.4, -0.2) is 43.7 Å². The van der Waals surface area contributed by atoms with E-state index in [2.05, 4.69) is 0 Å². The molecule has 0 aliphatic carbocycles. The Morgan fingerprint density at radius 2 is 1.81 bits per heavy atom. The van der Waals surface area contributed by atoms with E-state index >= 15 is 0 Å². The maximum atomic E-state index is 12.6. The Balaban J connectivity index is 1.60. The van der Waals surface area contributed by atoms with Crippen molar-refractivity contribution in [3.05, 3.63) is 58.8 Å². The van der Waals surface area contributed by atoms with Gasteiger partial charge in [0.1, 0.15) is 5.76 Å². The Morgan fingerprint density at radius 3 is 2.52 bits per heavy atom. The number of halogens is 1. The summed E-state index contributed by atoms with van der Waals surface area (Å²) in [4.78, 5) is 14.4. The van der Waals surface area contributed by atoms with Crippen LogP contribution in [0, 0.1) is 0 Å². The first-order chi connectivity index (χ1) is 13.2. The highest BCUT2D eigenvalue weighted by Gasteiger charge is 2.18. The summed E-state index contributed by atoms with van der Waals surface area (Å²) in [6.07, 6.45) is 0.679. The van der Waals surface area contributed by atoms with Crippen LogP contribution in [-0.2, 0) is 11.2 Å². The van der Waals surface area contributed by atoms with Crippen LogP contribution in [0.3, 0.4) is 0 Å². The molecule has 1 aromatic heterocycles. The van der Waals surface area contributed by atoms with Crippen LogP contribution in [0.4, 0.5) is 0 Å². The van der Waals surface area contributed by atoms with E-state index in [4.69, 9.17) is 26.5 Å². The number of hydrogen-bond acceptors (Lipinski definition) is 4. The summed E-state index contributed by atoms with van der Waals surface area (Å²) in [6.45, 7) is 3.00. The molecule has 0 radical (unpaired) electrons.